The van der Waals surface area contributed by atoms with Crippen molar-refractivity contribution in [1.29, 1.82) is 0 Å². The molecule has 1 amide bonds. The SMILES string of the molecule is CCNS(=O)(=O)c1cccc(C(=O)N[C@@H](C)C23CC4CC(CC(C4)C2)C3)c1. The third-order valence-electron chi connectivity index (χ3n) is 7.09. The molecule has 4 aliphatic rings. The lowest BCUT2D eigenvalue weighted by Crippen LogP contribution is -2.55. The van der Waals surface area contributed by atoms with Crippen LogP contribution in [0.15, 0.2) is 29.2 Å². The highest BCUT2D eigenvalue weighted by Gasteiger charge is 2.53. The summed E-state index contributed by atoms with van der Waals surface area (Å²) in [5, 5.41) is 3.21. The number of hydrogen-bond acceptors (Lipinski definition) is 3. The largest absolute Gasteiger partial charge is 0.349 e. The van der Waals surface area contributed by atoms with Crippen molar-refractivity contribution < 1.29 is 13.2 Å². The highest BCUT2D eigenvalue weighted by atomic mass is 32.2. The van der Waals surface area contributed by atoms with Crippen molar-refractivity contribution in [3.05, 3.63) is 29.8 Å². The molecule has 4 fully saturated rings. The molecule has 4 aliphatic carbocycles. The zero-order valence-corrected chi connectivity index (χ0v) is 17.0. The van der Waals surface area contributed by atoms with Crippen LogP contribution in [0, 0.1) is 23.2 Å². The Morgan fingerprint density at radius 2 is 1.74 bits per heavy atom. The number of carbonyl (C=O) groups excluding carboxylic acids is 1. The standard InChI is InChI=1S/C21H30N2O3S/c1-3-22-27(25,26)19-6-4-5-18(10-19)20(24)23-14(2)21-11-15-7-16(12-21)9-17(8-15)13-21/h4-6,10,14-17,22H,3,7-9,11-13H2,1-2H3,(H,23,24)/t14-,15?,16?,17?,21?/m0/s1. The van der Waals surface area contributed by atoms with Gasteiger partial charge in [0.05, 0.1) is 4.90 Å². The third kappa shape index (κ3) is 3.54. The maximum absolute atomic E-state index is 12.9. The molecular formula is C21H30N2O3S. The fourth-order valence-electron chi connectivity index (χ4n) is 6.22. The Morgan fingerprint density at radius 3 is 2.30 bits per heavy atom. The number of rotatable bonds is 6. The summed E-state index contributed by atoms with van der Waals surface area (Å²) in [5.74, 6) is 2.34. The normalized spacial score (nSPS) is 33.0. The van der Waals surface area contributed by atoms with Crippen LogP contribution in [-0.2, 0) is 10.0 Å². The number of sulfonamides is 1. The van der Waals surface area contributed by atoms with E-state index in [0.29, 0.717) is 12.1 Å². The van der Waals surface area contributed by atoms with E-state index in [-0.39, 0.29) is 22.3 Å². The molecule has 0 spiro atoms. The van der Waals surface area contributed by atoms with Crippen LogP contribution in [0.4, 0.5) is 0 Å². The van der Waals surface area contributed by atoms with E-state index in [1.807, 2.05) is 0 Å². The Morgan fingerprint density at radius 1 is 1.15 bits per heavy atom. The summed E-state index contributed by atoms with van der Waals surface area (Å²) in [6.07, 6.45) is 7.83. The molecule has 0 aromatic heterocycles. The number of hydrogen-bond donors (Lipinski definition) is 2. The smallest absolute Gasteiger partial charge is 0.251 e. The quantitative estimate of drug-likeness (QED) is 0.782. The molecule has 27 heavy (non-hydrogen) atoms. The molecule has 5 rings (SSSR count). The Kier molecular flexibility index (Phi) is 4.83. The van der Waals surface area contributed by atoms with Crippen molar-refractivity contribution in [3.8, 4) is 0 Å². The molecule has 4 saturated carbocycles. The summed E-state index contributed by atoms with van der Waals surface area (Å²) in [6.45, 7) is 4.20. The first-order valence-electron chi connectivity index (χ1n) is 10.2. The maximum atomic E-state index is 12.9. The molecule has 1 atom stereocenters. The molecule has 4 bridgehead atoms. The van der Waals surface area contributed by atoms with Crippen LogP contribution in [0.3, 0.4) is 0 Å². The average Bonchev–Trinajstić information content (AvgIpc) is 2.60. The summed E-state index contributed by atoms with van der Waals surface area (Å²) < 4.78 is 26.9. The van der Waals surface area contributed by atoms with Crippen LogP contribution in [0.1, 0.15) is 62.7 Å². The molecule has 0 aliphatic heterocycles. The van der Waals surface area contributed by atoms with Gasteiger partial charge < -0.3 is 5.32 Å². The van der Waals surface area contributed by atoms with E-state index >= 15 is 0 Å². The van der Waals surface area contributed by atoms with E-state index in [1.54, 1.807) is 19.1 Å². The molecule has 2 N–H and O–H groups in total. The Hall–Kier alpha value is -1.40. The lowest BCUT2D eigenvalue weighted by Gasteiger charge is -2.59. The fourth-order valence-corrected chi connectivity index (χ4v) is 7.31. The van der Waals surface area contributed by atoms with Gasteiger partial charge in [-0.25, -0.2) is 13.1 Å². The number of amides is 1. The molecule has 0 radical (unpaired) electrons. The molecule has 0 unspecified atom stereocenters. The molecule has 1 aromatic carbocycles. The molecule has 6 heteroatoms. The van der Waals surface area contributed by atoms with Crippen LogP contribution in [0.5, 0.6) is 0 Å². The Labute approximate surface area is 162 Å². The minimum Gasteiger partial charge on any atom is -0.349 e. The lowest BCUT2D eigenvalue weighted by atomic mass is 9.48. The monoisotopic (exact) mass is 390 g/mol. The first-order valence-corrected chi connectivity index (χ1v) is 11.7. The summed E-state index contributed by atoms with van der Waals surface area (Å²) in [7, 11) is -3.56. The number of carbonyl (C=O) groups is 1. The van der Waals surface area contributed by atoms with Gasteiger partial charge >= 0.3 is 0 Å². The van der Waals surface area contributed by atoms with Crippen molar-refractivity contribution in [2.75, 3.05) is 6.54 Å². The zero-order chi connectivity index (χ0) is 19.2. The van der Waals surface area contributed by atoms with E-state index in [9.17, 15) is 13.2 Å². The van der Waals surface area contributed by atoms with Gasteiger partial charge in [0.2, 0.25) is 10.0 Å². The van der Waals surface area contributed by atoms with Crippen molar-refractivity contribution in [1.82, 2.24) is 10.0 Å². The van der Waals surface area contributed by atoms with Gasteiger partial charge in [-0.2, -0.15) is 0 Å². The van der Waals surface area contributed by atoms with Gasteiger partial charge in [-0.15, -0.1) is 0 Å². The fraction of sp³-hybridized carbons (Fsp3) is 0.667. The second-order valence-electron chi connectivity index (χ2n) is 9.00. The van der Waals surface area contributed by atoms with Crippen molar-refractivity contribution in [2.45, 2.75) is 63.3 Å². The van der Waals surface area contributed by atoms with Crippen LogP contribution < -0.4 is 10.0 Å². The van der Waals surface area contributed by atoms with Gasteiger partial charge in [0.25, 0.3) is 5.91 Å². The van der Waals surface area contributed by atoms with Crippen molar-refractivity contribution in [3.63, 3.8) is 0 Å². The lowest BCUT2D eigenvalue weighted by molar-refractivity contribution is -0.0688. The topological polar surface area (TPSA) is 75.3 Å². The van der Waals surface area contributed by atoms with Crippen molar-refractivity contribution in [2.24, 2.45) is 23.2 Å². The molecule has 1 aromatic rings. The maximum Gasteiger partial charge on any atom is 0.251 e. The second kappa shape index (κ2) is 6.89. The first-order chi connectivity index (χ1) is 12.8. The van der Waals surface area contributed by atoms with E-state index in [2.05, 4.69) is 17.0 Å². The summed E-state index contributed by atoms with van der Waals surface area (Å²) >= 11 is 0. The van der Waals surface area contributed by atoms with E-state index < -0.39 is 10.0 Å². The Balaban J connectivity index is 1.50. The van der Waals surface area contributed by atoms with Crippen molar-refractivity contribution >= 4 is 15.9 Å². The van der Waals surface area contributed by atoms with Crippen LogP contribution >= 0.6 is 0 Å². The Bertz CT molecular complexity index is 798. The average molecular weight is 391 g/mol. The molecule has 5 nitrogen and oxygen atoms in total. The predicted molar refractivity (Wildman–Crippen MR) is 105 cm³/mol. The van der Waals surface area contributed by atoms with Gasteiger partial charge in [-0.05, 0) is 86.8 Å². The summed E-state index contributed by atoms with van der Waals surface area (Å²) in [5.41, 5.74) is 0.642. The molecule has 0 saturated heterocycles. The molecular weight excluding hydrogens is 360 g/mol. The zero-order valence-electron chi connectivity index (χ0n) is 16.2. The minimum absolute atomic E-state index is 0.118. The van der Waals surface area contributed by atoms with Gasteiger partial charge in [0.15, 0.2) is 0 Å². The van der Waals surface area contributed by atoms with E-state index in [1.165, 1.54) is 50.7 Å². The van der Waals surface area contributed by atoms with Gasteiger partial charge in [0, 0.05) is 18.2 Å². The first kappa shape index (κ1) is 18.9. The second-order valence-corrected chi connectivity index (χ2v) is 10.8. The molecule has 148 valence electrons. The van der Waals surface area contributed by atoms with Gasteiger partial charge in [-0.3, -0.25) is 4.79 Å². The summed E-state index contributed by atoms with van der Waals surface area (Å²) in [6, 6.07) is 6.44. The van der Waals surface area contributed by atoms with Crippen LogP contribution in [0.2, 0.25) is 0 Å². The predicted octanol–water partition coefficient (Wildman–Crippen LogP) is 3.32. The highest BCUT2D eigenvalue weighted by molar-refractivity contribution is 7.89. The highest BCUT2D eigenvalue weighted by Crippen LogP contribution is 2.61. The number of nitrogens with one attached hydrogen (secondary N) is 2. The van der Waals surface area contributed by atoms with Gasteiger partial charge in [0.1, 0.15) is 0 Å². The summed E-state index contributed by atoms with van der Waals surface area (Å²) in [4.78, 5) is 13.0. The third-order valence-corrected chi connectivity index (χ3v) is 8.64. The van der Waals surface area contributed by atoms with E-state index in [4.69, 9.17) is 0 Å². The van der Waals surface area contributed by atoms with E-state index in [0.717, 1.165) is 17.8 Å². The minimum atomic E-state index is -3.56. The van der Waals surface area contributed by atoms with Gasteiger partial charge in [-0.1, -0.05) is 13.0 Å². The number of benzene rings is 1. The van der Waals surface area contributed by atoms with Crippen LogP contribution in [-0.4, -0.2) is 26.9 Å². The molecule has 0 heterocycles. The van der Waals surface area contributed by atoms with Crippen LogP contribution in [0.25, 0.3) is 0 Å².